The standard InChI is InChI=1S/C20H29N5O4S/c1-23(2)30(28,29)24-12-10-15-16(13-24)21-18(22-19(15)26)17-9-6-11-25(17)20(27)14-7-4-3-5-8-14/h3-4,14,17H,5-13H2,1-2H3,(H,21,22,26)/t14-,17+/m1/s1. The van der Waals surface area contributed by atoms with Gasteiger partial charge in [-0.3, -0.25) is 9.59 Å². The lowest BCUT2D eigenvalue weighted by Gasteiger charge is -2.31. The van der Waals surface area contributed by atoms with Gasteiger partial charge in [0.15, 0.2) is 0 Å². The minimum Gasteiger partial charge on any atom is -0.332 e. The van der Waals surface area contributed by atoms with Crippen molar-refractivity contribution in [1.29, 1.82) is 0 Å². The second kappa shape index (κ2) is 8.24. The van der Waals surface area contributed by atoms with Crippen molar-refractivity contribution in [1.82, 2.24) is 23.5 Å². The minimum atomic E-state index is -3.58. The summed E-state index contributed by atoms with van der Waals surface area (Å²) in [5, 5.41) is 0. The number of rotatable bonds is 4. The van der Waals surface area contributed by atoms with E-state index < -0.39 is 10.2 Å². The fourth-order valence-corrected chi connectivity index (χ4v) is 5.66. The molecule has 10 heteroatoms. The largest absolute Gasteiger partial charge is 0.332 e. The Bertz CT molecular complexity index is 1020. The normalized spacial score (nSPS) is 25.0. The summed E-state index contributed by atoms with van der Waals surface area (Å²) in [4.78, 5) is 35.2. The van der Waals surface area contributed by atoms with Gasteiger partial charge in [0.25, 0.3) is 15.8 Å². The Morgan fingerprint density at radius 3 is 2.73 bits per heavy atom. The third-order valence-electron chi connectivity index (χ3n) is 6.31. The SMILES string of the molecule is CN(C)S(=O)(=O)N1CCc2c(nc([C@@H]3CCCN3C(=O)[C@@H]3CC=CCC3)[nH]c2=O)C1. The Balaban J connectivity index is 1.61. The summed E-state index contributed by atoms with van der Waals surface area (Å²) in [6.07, 6.45) is 8.64. The summed E-state index contributed by atoms with van der Waals surface area (Å²) in [6.45, 7) is 0.980. The van der Waals surface area contributed by atoms with Gasteiger partial charge in [-0.15, -0.1) is 0 Å². The fraction of sp³-hybridized carbons (Fsp3) is 0.650. The number of H-pyrrole nitrogens is 1. The molecule has 1 aromatic rings. The molecule has 0 spiro atoms. The summed E-state index contributed by atoms with van der Waals surface area (Å²) in [5.74, 6) is 0.583. The van der Waals surface area contributed by atoms with E-state index >= 15 is 0 Å². The number of hydrogen-bond donors (Lipinski definition) is 1. The van der Waals surface area contributed by atoms with Crippen LogP contribution in [-0.4, -0.2) is 65.0 Å². The van der Waals surface area contributed by atoms with Crippen molar-refractivity contribution < 1.29 is 13.2 Å². The van der Waals surface area contributed by atoms with Crippen molar-refractivity contribution >= 4 is 16.1 Å². The molecule has 1 fully saturated rings. The lowest BCUT2D eigenvalue weighted by Crippen LogP contribution is -2.45. The molecular formula is C20H29N5O4S. The number of allylic oxidation sites excluding steroid dienone is 2. The van der Waals surface area contributed by atoms with Crippen molar-refractivity contribution in [3.63, 3.8) is 0 Å². The molecule has 4 rings (SSSR count). The molecular weight excluding hydrogens is 406 g/mol. The summed E-state index contributed by atoms with van der Waals surface area (Å²) in [6, 6.07) is -0.262. The average molecular weight is 436 g/mol. The Morgan fingerprint density at radius 1 is 1.23 bits per heavy atom. The third-order valence-corrected chi connectivity index (χ3v) is 8.20. The molecule has 1 N–H and O–H groups in total. The van der Waals surface area contributed by atoms with Crippen LogP contribution in [0.15, 0.2) is 16.9 Å². The maximum Gasteiger partial charge on any atom is 0.281 e. The zero-order valence-corrected chi connectivity index (χ0v) is 18.3. The van der Waals surface area contributed by atoms with Crippen LogP contribution < -0.4 is 5.56 Å². The molecule has 0 radical (unpaired) electrons. The van der Waals surface area contributed by atoms with Crippen molar-refractivity contribution in [2.75, 3.05) is 27.2 Å². The van der Waals surface area contributed by atoms with E-state index in [0.717, 1.165) is 32.1 Å². The summed E-state index contributed by atoms with van der Waals surface area (Å²) in [7, 11) is -0.603. The first kappa shape index (κ1) is 21.2. The van der Waals surface area contributed by atoms with Crippen LogP contribution in [0.3, 0.4) is 0 Å². The number of fused-ring (bicyclic) bond motifs is 1. The van der Waals surface area contributed by atoms with E-state index in [9.17, 15) is 18.0 Å². The highest BCUT2D eigenvalue weighted by molar-refractivity contribution is 7.86. The lowest BCUT2D eigenvalue weighted by molar-refractivity contribution is -0.136. The molecule has 3 aliphatic rings. The van der Waals surface area contributed by atoms with E-state index in [1.165, 1.54) is 22.7 Å². The Hall–Kier alpha value is -2.04. The smallest absolute Gasteiger partial charge is 0.281 e. The number of nitrogens with zero attached hydrogens (tertiary/aromatic N) is 4. The highest BCUT2D eigenvalue weighted by Crippen LogP contribution is 2.33. The maximum atomic E-state index is 13.1. The van der Waals surface area contributed by atoms with Crippen LogP contribution in [0.5, 0.6) is 0 Å². The number of likely N-dealkylation sites (tertiary alicyclic amines) is 1. The number of carbonyl (C=O) groups excluding carboxylic acids is 1. The van der Waals surface area contributed by atoms with Gasteiger partial charge < -0.3 is 9.88 Å². The topological polar surface area (TPSA) is 107 Å². The van der Waals surface area contributed by atoms with Crippen molar-refractivity contribution in [2.24, 2.45) is 5.92 Å². The van der Waals surface area contributed by atoms with Crippen LogP contribution in [-0.2, 0) is 28.0 Å². The van der Waals surface area contributed by atoms with Gasteiger partial charge in [-0.2, -0.15) is 17.0 Å². The van der Waals surface area contributed by atoms with E-state index in [0.29, 0.717) is 30.0 Å². The first-order valence-electron chi connectivity index (χ1n) is 10.5. The number of amides is 1. The molecule has 0 bridgehead atoms. The third kappa shape index (κ3) is 3.83. The molecule has 2 aliphatic heterocycles. The quantitative estimate of drug-likeness (QED) is 0.709. The van der Waals surface area contributed by atoms with Crippen LogP contribution in [0.25, 0.3) is 0 Å². The molecule has 30 heavy (non-hydrogen) atoms. The molecule has 0 saturated carbocycles. The van der Waals surface area contributed by atoms with Gasteiger partial charge in [0.05, 0.1) is 18.3 Å². The second-order valence-corrected chi connectivity index (χ2v) is 10.6. The van der Waals surface area contributed by atoms with Crippen LogP contribution in [0, 0.1) is 5.92 Å². The van der Waals surface area contributed by atoms with Crippen molar-refractivity contribution in [2.45, 2.75) is 51.1 Å². The lowest BCUT2D eigenvalue weighted by atomic mass is 9.93. The van der Waals surface area contributed by atoms with Crippen molar-refractivity contribution in [3.05, 3.63) is 39.6 Å². The van der Waals surface area contributed by atoms with Gasteiger partial charge in [-0.25, -0.2) is 4.98 Å². The van der Waals surface area contributed by atoms with Gasteiger partial charge in [-0.05, 0) is 38.5 Å². The summed E-state index contributed by atoms with van der Waals surface area (Å²) < 4.78 is 27.5. The molecule has 1 amide bonds. The number of carbonyl (C=O) groups is 1. The van der Waals surface area contributed by atoms with E-state index in [4.69, 9.17) is 0 Å². The van der Waals surface area contributed by atoms with Gasteiger partial charge in [0.1, 0.15) is 5.82 Å². The molecule has 3 heterocycles. The molecule has 1 saturated heterocycles. The molecule has 9 nitrogen and oxygen atoms in total. The predicted octanol–water partition coefficient (Wildman–Crippen LogP) is 0.954. The van der Waals surface area contributed by atoms with E-state index in [-0.39, 0.29) is 36.5 Å². The van der Waals surface area contributed by atoms with E-state index in [1.807, 2.05) is 4.90 Å². The molecule has 0 unspecified atom stereocenters. The van der Waals surface area contributed by atoms with Crippen molar-refractivity contribution in [3.8, 4) is 0 Å². The number of hydrogen-bond acceptors (Lipinski definition) is 5. The van der Waals surface area contributed by atoms with Crippen LogP contribution in [0.2, 0.25) is 0 Å². The van der Waals surface area contributed by atoms with Crippen LogP contribution in [0.4, 0.5) is 0 Å². The number of aromatic amines is 1. The number of nitrogens with one attached hydrogen (secondary N) is 1. The zero-order chi connectivity index (χ0) is 21.5. The van der Waals surface area contributed by atoms with Crippen LogP contribution in [0.1, 0.15) is 55.2 Å². The Labute approximate surface area is 177 Å². The highest BCUT2D eigenvalue weighted by atomic mass is 32.2. The monoisotopic (exact) mass is 435 g/mol. The van der Waals surface area contributed by atoms with Gasteiger partial charge in [0.2, 0.25) is 5.91 Å². The first-order chi connectivity index (χ1) is 14.3. The fourth-order valence-electron chi connectivity index (χ4n) is 4.59. The molecule has 164 valence electrons. The number of aromatic nitrogens is 2. The van der Waals surface area contributed by atoms with E-state index in [1.54, 1.807) is 0 Å². The second-order valence-electron chi connectivity index (χ2n) is 8.42. The highest BCUT2D eigenvalue weighted by Gasteiger charge is 2.37. The summed E-state index contributed by atoms with van der Waals surface area (Å²) in [5.41, 5.74) is 0.805. The molecule has 1 aliphatic carbocycles. The van der Waals surface area contributed by atoms with Crippen LogP contribution >= 0.6 is 0 Å². The minimum absolute atomic E-state index is 0.0133. The van der Waals surface area contributed by atoms with Gasteiger partial charge in [-0.1, -0.05) is 12.2 Å². The predicted molar refractivity (Wildman–Crippen MR) is 112 cm³/mol. The van der Waals surface area contributed by atoms with Gasteiger partial charge >= 0.3 is 0 Å². The zero-order valence-electron chi connectivity index (χ0n) is 17.5. The molecule has 0 aromatic carbocycles. The summed E-state index contributed by atoms with van der Waals surface area (Å²) >= 11 is 0. The Kier molecular flexibility index (Phi) is 5.82. The molecule has 1 aromatic heterocycles. The average Bonchev–Trinajstić information content (AvgIpc) is 3.23. The maximum absolute atomic E-state index is 13.1. The Morgan fingerprint density at radius 2 is 2.03 bits per heavy atom. The molecule has 2 atom stereocenters. The van der Waals surface area contributed by atoms with Gasteiger partial charge in [0, 0.05) is 38.7 Å². The first-order valence-corrected chi connectivity index (χ1v) is 11.9. The van der Waals surface area contributed by atoms with E-state index in [2.05, 4.69) is 22.1 Å².